The molecule has 0 nitrogen and oxygen atoms in total. The zero-order chi connectivity index (χ0) is 3.58. The molecule has 0 N–H and O–H groups in total. The summed E-state index contributed by atoms with van der Waals surface area (Å²) < 4.78 is 0. The monoisotopic (exact) mass is 167 g/mol. The first kappa shape index (κ1) is 4.97. The fourth-order valence-electron chi connectivity index (χ4n) is 0. The summed E-state index contributed by atoms with van der Waals surface area (Å²) in [6.45, 7) is 0. The van der Waals surface area contributed by atoms with Crippen LogP contribution < -0.4 is 0 Å². The Labute approximate surface area is 38.0 Å². The number of hydrogen-bond donors (Lipinski definition) is 0. The van der Waals surface area contributed by atoms with Crippen molar-refractivity contribution in [3.05, 3.63) is 0 Å². The molecule has 31 valence electrons. The molecule has 0 saturated carbocycles. The SMILES string of the molecule is [CH3][Ni]([CH3])[Br]. The molecule has 0 amide bonds. The van der Waals surface area contributed by atoms with E-state index in [1.54, 1.807) is 0 Å². The van der Waals surface area contributed by atoms with Crippen LogP contribution in [0.1, 0.15) is 0 Å². The molecular weight excluding hydrogens is 163 g/mol. The second-order valence-electron chi connectivity index (χ2n) is 0.555. The van der Waals surface area contributed by atoms with Crippen molar-refractivity contribution >= 4 is 14.2 Å². The van der Waals surface area contributed by atoms with Gasteiger partial charge < -0.3 is 0 Å². The molecule has 0 aliphatic heterocycles. The zero-order valence-electron chi connectivity index (χ0n) is 2.69. The first-order valence-electron chi connectivity index (χ1n) is 0.752. The van der Waals surface area contributed by atoms with Crippen LogP contribution in [0.15, 0.2) is 0 Å². The Morgan fingerprint density at radius 1 is 1.50 bits per heavy atom. The number of rotatable bonds is 0. The van der Waals surface area contributed by atoms with Crippen LogP contribution in [0, 0.1) is 0 Å². The molecule has 0 saturated heterocycles. The second-order valence-corrected chi connectivity index (χ2v) is 6.43. The van der Waals surface area contributed by atoms with E-state index >= 15 is 0 Å². The van der Waals surface area contributed by atoms with E-state index in [1.807, 2.05) is 0 Å². The van der Waals surface area contributed by atoms with E-state index in [0.717, 1.165) is 0 Å². The van der Waals surface area contributed by atoms with Crippen molar-refractivity contribution in [1.29, 1.82) is 0 Å². The molecule has 0 heterocycles. The van der Waals surface area contributed by atoms with Crippen molar-refractivity contribution in [2.45, 2.75) is 11.8 Å². The molecule has 4 heavy (non-hydrogen) atoms. The topological polar surface area (TPSA) is 0 Å². The summed E-state index contributed by atoms with van der Waals surface area (Å²) in [5, 5.41) is 0. The zero-order valence-corrected chi connectivity index (χ0v) is 5.27. The van der Waals surface area contributed by atoms with Gasteiger partial charge in [-0.15, -0.1) is 0 Å². The molecule has 0 aromatic rings. The van der Waals surface area contributed by atoms with Gasteiger partial charge in [0.15, 0.2) is 0 Å². The second kappa shape index (κ2) is 2.23. The molecule has 0 aliphatic rings. The van der Waals surface area contributed by atoms with Gasteiger partial charge in [-0.1, -0.05) is 0 Å². The van der Waals surface area contributed by atoms with Crippen LogP contribution in [0.2, 0.25) is 11.8 Å². The molecular formula is C2H6BrNi. The van der Waals surface area contributed by atoms with Gasteiger partial charge in [0, 0.05) is 0 Å². The summed E-state index contributed by atoms with van der Waals surface area (Å²) in [6.07, 6.45) is 0. The van der Waals surface area contributed by atoms with E-state index in [0.29, 0.717) is 11.6 Å². The molecule has 2 heteroatoms. The van der Waals surface area contributed by atoms with E-state index in [9.17, 15) is 0 Å². The van der Waals surface area contributed by atoms with Gasteiger partial charge in [-0.3, -0.25) is 0 Å². The van der Waals surface area contributed by atoms with Gasteiger partial charge in [-0.25, -0.2) is 0 Å². The Bertz CT molecular complexity index is 10.8. The van der Waals surface area contributed by atoms with Crippen LogP contribution in [0.3, 0.4) is 0 Å². The van der Waals surface area contributed by atoms with Crippen molar-refractivity contribution in [3.8, 4) is 0 Å². The van der Waals surface area contributed by atoms with Crippen LogP contribution in [-0.4, -0.2) is 0 Å². The predicted octanol–water partition coefficient (Wildman–Crippen LogP) is 2.01. The van der Waals surface area contributed by atoms with E-state index in [1.165, 1.54) is 0 Å². The quantitative estimate of drug-likeness (QED) is 0.486. The summed E-state index contributed by atoms with van der Waals surface area (Å²) in [6, 6.07) is 0. The third-order valence-corrected chi connectivity index (χ3v) is 0. The van der Waals surface area contributed by atoms with Crippen molar-refractivity contribution in [2.24, 2.45) is 0 Å². The van der Waals surface area contributed by atoms with E-state index in [2.05, 4.69) is 26.0 Å². The van der Waals surface area contributed by atoms with Crippen molar-refractivity contribution in [2.75, 3.05) is 0 Å². The molecule has 0 aliphatic carbocycles. The number of hydrogen-bond acceptors (Lipinski definition) is 0. The third-order valence-electron chi connectivity index (χ3n) is 0. The molecule has 0 bridgehead atoms. The Balaban J connectivity index is 2.32. The molecule has 0 aromatic heterocycles. The van der Waals surface area contributed by atoms with Crippen LogP contribution in [-0.2, 0) is 11.6 Å². The molecule has 0 fully saturated rings. The van der Waals surface area contributed by atoms with E-state index < -0.39 is 0 Å². The van der Waals surface area contributed by atoms with Crippen LogP contribution in [0.5, 0.6) is 0 Å². The minimum atomic E-state index is 0.354. The molecule has 0 unspecified atom stereocenters. The maximum atomic E-state index is 3.31. The number of halogens is 1. The van der Waals surface area contributed by atoms with Gasteiger partial charge in [-0.05, 0) is 0 Å². The fourth-order valence-corrected chi connectivity index (χ4v) is 0. The van der Waals surface area contributed by atoms with E-state index in [-0.39, 0.29) is 0 Å². The van der Waals surface area contributed by atoms with Crippen LogP contribution in [0.25, 0.3) is 0 Å². The Kier molecular flexibility index (Phi) is 2.77. The van der Waals surface area contributed by atoms with Gasteiger partial charge in [0.05, 0.1) is 0 Å². The van der Waals surface area contributed by atoms with Crippen molar-refractivity contribution in [1.82, 2.24) is 0 Å². The predicted molar refractivity (Wildman–Crippen MR) is 20.7 cm³/mol. The average molecular weight is 169 g/mol. The van der Waals surface area contributed by atoms with Gasteiger partial charge >= 0.3 is 37.7 Å². The molecule has 0 spiro atoms. The minimum absolute atomic E-state index is 0.354. The fraction of sp³-hybridized carbons (Fsp3) is 1.00. The van der Waals surface area contributed by atoms with Crippen molar-refractivity contribution < 1.29 is 11.6 Å². The van der Waals surface area contributed by atoms with Crippen LogP contribution >= 0.6 is 14.2 Å². The summed E-state index contributed by atoms with van der Waals surface area (Å²) in [5.74, 6) is 4.25. The Hall–Kier alpha value is 0.974. The average Bonchev–Trinajstić information content (AvgIpc) is 0.811. The maximum absolute atomic E-state index is 3.31. The Morgan fingerprint density at radius 2 is 1.50 bits per heavy atom. The normalized spacial score (nSPS) is 11.2. The van der Waals surface area contributed by atoms with Gasteiger partial charge in [0.1, 0.15) is 0 Å². The molecule has 0 rings (SSSR count). The molecule has 0 aromatic carbocycles. The van der Waals surface area contributed by atoms with E-state index in [4.69, 9.17) is 0 Å². The molecule has 0 radical (unpaired) electrons. The van der Waals surface area contributed by atoms with Gasteiger partial charge in [0.2, 0.25) is 0 Å². The Morgan fingerprint density at radius 3 is 1.50 bits per heavy atom. The summed E-state index contributed by atoms with van der Waals surface area (Å²) in [5.41, 5.74) is 0. The summed E-state index contributed by atoms with van der Waals surface area (Å²) in [4.78, 5) is 0. The first-order chi connectivity index (χ1) is 1.73. The summed E-state index contributed by atoms with van der Waals surface area (Å²) in [7, 11) is 0. The first-order valence-corrected chi connectivity index (χ1v) is 5.17. The third kappa shape index (κ3) is 12.2. The molecule has 0 atom stereocenters. The summed E-state index contributed by atoms with van der Waals surface area (Å²) >= 11 is 3.67. The van der Waals surface area contributed by atoms with Gasteiger partial charge in [-0.2, -0.15) is 0 Å². The van der Waals surface area contributed by atoms with Gasteiger partial charge in [0.25, 0.3) is 0 Å². The van der Waals surface area contributed by atoms with Crippen LogP contribution in [0.4, 0.5) is 0 Å². The standard InChI is InChI=1S/2CH3.BrH.Ni/h2*1H3;1H;/q;;;+1/p-1. The van der Waals surface area contributed by atoms with Crippen molar-refractivity contribution in [3.63, 3.8) is 0 Å².